The van der Waals surface area contributed by atoms with Crippen molar-refractivity contribution < 1.29 is 0 Å². The molecule has 0 amide bonds. The average Bonchev–Trinajstić information content (AvgIpc) is 2.04. The van der Waals surface area contributed by atoms with Gasteiger partial charge in [-0.15, -0.1) is 0 Å². The molecule has 0 fully saturated rings. The molecule has 1 atom stereocenters. The summed E-state index contributed by atoms with van der Waals surface area (Å²) in [5, 5.41) is 0. The molecule has 0 radical (unpaired) electrons. The Bertz CT molecular complexity index is 172. The van der Waals surface area contributed by atoms with Gasteiger partial charge < -0.3 is 0 Å². The van der Waals surface area contributed by atoms with Crippen LogP contribution in [-0.4, -0.2) is 0 Å². The highest BCUT2D eigenvalue weighted by Crippen LogP contribution is 2.19. The number of hydrogen-bond donors (Lipinski definition) is 0. The third-order valence-corrected chi connectivity index (χ3v) is 2.50. The van der Waals surface area contributed by atoms with E-state index in [1.54, 1.807) is 0 Å². The molecule has 0 aliphatic carbocycles. The van der Waals surface area contributed by atoms with Gasteiger partial charge in [-0.25, -0.2) is 0 Å². The van der Waals surface area contributed by atoms with Crippen LogP contribution in [0.25, 0.3) is 0 Å². The van der Waals surface area contributed by atoms with Crippen molar-refractivity contribution in [1.82, 2.24) is 0 Å². The van der Waals surface area contributed by atoms with Crippen molar-refractivity contribution in [3.8, 4) is 0 Å². The van der Waals surface area contributed by atoms with Gasteiger partial charge in [0.2, 0.25) is 0 Å². The summed E-state index contributed by atoms with van der Waals surface area (Å²) in [5.74, 6) is 0.742. The van der Waals surface area contributed by atoms with E-state index in [0.717, 1.165) is 5.92 Å². The molecule has 0 saturated heterocycles. The first-order valence-electron chi connectivity index (χ1n) is 4.93. The second kappa shape index (κ2) is 6.05. The smallest absolute Gasteiger partial charge is 0.0229 e. The summed E-state index contributed by atoms with van der Waals surface area (Å²) in [5.41, 5.74) is 2.97. The Morgan fingerprint density at radius 2 is 1.92 bits per heavy atom. The molecular weight excluding hydrogens is 144 g/mol. The van der Waals surface area contributed by atoms with Gasteiger partial charge in [-0.05, 0) is 33.1 Å². The van der Waals surface area contributed by atoms with Crippen LogP contribution in [0.2, 0.25) is 0 Å². The Morgan fingerprint density at radius 3 is 2.33 bits per heavy atom. The van der Waals surface area contributed by atoms with Gasteiger partial charge in [0, 0.05) is 0 Å². The molecule has 0 aromatic carbocycles. The summed E-state index contributed by atoms with van der Waals surface area (Å²) in [6.07, 6.45) is 6.89. The molecule has 0 spiro atoms. The molecule has 0 aliphatic rings. The van der Waals surface area contributed by atoms with E-state index >= 15 is 0 Å². The maximum atomic E-state index is 2.31. The lowest BCUT2D eigenvalue weighted by Gasteiger charge is -2.12. The van der Waals surface area contributed by atoms with Crippen molar-refractivity contribution >= 4 is 0 Å². The Kier molecular flexibility index (Phi) is 5.79. The summed E-state index contributed by atoms with van der Waals surface area (Å²) in [6.45, 7) is 11.1. The molecule has 0 aliphatic heterocycles. The second-order valence-electron chi connectivity index (χ2n) is 3.56. The van der Waals surface area contributed by atoms with E-state index in [4.69, 9.17) is 0 Å². The molecule has 0 nitrogen and oxygen atoms in total. The Hall–Kier alpha value is -0.520. The van der Waals surface area contributed by atoms with Gasteiger partial charge in [-0.1, -0.05) is 43.6 Å². The minimum Gasteiger partial charge on any atom is -0.0874 e. The molecule has 0 heteroatoms. The van der Waals surface area contributed by atoms with E-state index in [1.165, 1.54) is 24.0 Å². The molecule has 70 valence electrons. The van der Waals surface area contributed by atoms with Crippen molar-refractivity contribution in [1.29, 1.82) is 0 Å². The number of allylic oxidation sites excluding steroid dienone is 4. The van der Waals surface area contributed by atoms with E-state index in [9.17, 15) is 0 Å². The molecule has 1 unspecified atom stereocenters. The predicted molar refractivity (Wildman–Crippen MR) is 57.3 cm³/mol. The number of hydrogen-bond acceptors (Lipinski definition) is 0. The van der Waals surface area contributed by atoms with Crippen molar-refractivity contribution in [3.05, 3.63) is 23.3 Å². The van der Waals surface area contributed by atoms with Gasteiger partial charge in [-0.3, -0.25) is 0 Å². The fraction of sp³-hybridized carbons (Fsp3) is 0.667. The van der Waals surface area contributed by atoms with Gasteiger partial charge in [0.15, 0.2) is 0 Å². The molecule has 0 rings (SSSR count). The Morgan fingerprint density at radius 1 is 1.33 bits per heavy atom. The third kappa shape index (κ3) is 3.75. The molecule has 0 saturated carbocycles. The van der Waals surface area contributed by atoms with Crippen LogP contribution in [0.4, 0.5) is 0 Å². The largest absolute Gasteiger partial charge is 0.0874 e. The van der Waals surface area contributed by atoms with Gasteiger partial charge in [-0.2, -0.15) is 0 Å². The van der Waals surface area contributed by atoms with E-state index in [-0.39, 0.29) is 0 Å². The van der Waals surface area contributed by atoms with Gasteiger partial charge >= 0.3 is 0 Å². The van der Waals surface area contributed by atoms with Crippen LogP contribution in [0.15, 0.2) is 23.3 Å². The van der Waals surface area contributed by atoms with Gasteiger partial charge in [0.1, 0.15) is 0 Å². The maximum absolute atomic E-state index is 2.31. The summed E-state index contributed by atoms with van der Waals surface area (Å²) in [6, 6.07) is 0. The molecular formula is C12H22. The van der Waals surface area contributed by atoms with Gasteiger partial charge in [0.25, 0.3) is 0 Å². The summed E-state index contributed by atoms with van der Waals surface area (Å²) < 4.78 is 0. The van der Waals surface area contributed by atoms with Gasteiger partial charge in [0.05, 0.1) is 0 Å². The second-order valence-corrected chi connectivity index (χ2v) is 3.56. The first kappa shape index (κ1) is 11.5. The fourth-order valence-corrected chi connectivity index (χ4v) is 1.42. The zero-order valence-electron chi connectivity index (χ0n) is 9.15. The number of rotatable bonds is 4. The van der Waals surface area contributed by atoms with Crippen LogP contribution in [0.3, 0.4) is 0 Å². The van der Waals surface area contributed by atoms with Crippen LogP contribution in [-0.2, 0) is 0 Å². The zero-order chi connectivity index (χ0) is 9.56. The maximum Gasteiger partial charge on any atom is -0.0229 e. The lowest BCUT2D eigenvalue weighted by molar-refractivity contribution is 0.598. The van der Waals surface area contributed by atoms with Crippen LogP contribution < -0.4 is 0 Å². The topological polar surface area (TPSA) is 0 Å². The highest BCUT2D eigenvalue weighted by Gasteiger charge is 2.03. The molecule has 0 N–H and O–H groups in total. The first-order valence-corrected chi connectivity index (χ1v) is 4.93. The standard InChI is InChI=1S/C12H22/c1-6-8-10(3)12(5)11(4)9-7-2/h6,8,11H,7,9H2,1-5H3/b8-6-,12-10+. The van der Waals surface area contributed by atoms with Crippen molar-refractivity contribution in [3.63, 3.8) is 0 Å². The van der Waals surface area contributed by atoms with Crippen molar-refractivity contribution in [2.75, 3.05) is 0 Å². The fourth-order valence-electron chi connectivity index (χ4n) is 1.42. The van der Waals surface area contributed by atoms with Crippen LogP contribution >= 0.6 is 0 Å². The van der Waals surface area contributed by atoms with Crippen LogP contribution in [0, 0.1) is 5.92 Å². The van der Waals surface area contributed by atoms with E-state index in [1.807, 2.05) is 0 Å². The minimum absolute atomic E-state index is 0.742. The van der Waals surface area contributed by atoms with E-state index in [2.05, 4.69) is 46.8 Å². The lowest BCUT2D eigenvalue weighted by Crippen LogP contribution is -1.97. The predicted octanol–water partition coefficient (Wildman–Crippen LogP) is 4.34. The van der Waals surface area contributed by atoms with Crippen molar-refractivity contribution in [2.24, 2.45) is 5.92 Å². The van der Waals surface area contributed by atoms with E-state index in [0.29, 0.717) is 0 Å². The van der Waals surface area contributed by atoms with Crippen molar-refractivity contribution in [2.45, 2.75) is 47.5 Å². The van der Waals surface area contributed by atoms with E-state index < -0.39 is 0 Å². The monoisotopic (exact) mass is 166 g/mol. The zero-order valence-corrected chi connectivity index (χ0v) is 9.15. The SMILES string of the molecule is C/C=C\C(C)=C(/C)C(C)CCC. The summed E-state index contributed by atoms with van der Waals surface area (Å²) in [4.78, 5) is 0. The average molecular weight is 166 g/mol. The summed E-state index contributed by atoms with van der Waals surface area (Å²) >= 11 is 0. The molecule has 0 aromatic rings. The quantitative estimate of drug-likeness (QED) is 0.545. The third-order valence-electron chi connectivity index (χ3n) is 2.50. The van der Waals surface area contributed by atoms with Crippen LogP contribution in [0.1, 0.15) is 47.5 Å². The normalized spacial score (nSPS) is 16.4. The molecule has 0 aromatic heterocycles. The van der Waals surface area contributed by atoms with Crippen LogP contribution in [0.5, 0.6) is 0 Å². The Balaban J connectivity index is 4.31. The molecule has 12 heavy (non-hydrogen) atoms. The first-order chi connectivity index (χ1) is 5.63. The highest BCUT2D eigenvalue weighted by molar-refractivity contribution is 5.23. The minimum atomic E-state index is 0.742. The summed E-state index contributed by atoms with van der Waals surface area (Å²) in [7, 11) is 0. The Labute approximate surface area is 77.4 Å². The molecule has 0 bridgehead atoms. The lowest BCUT2D eigenvalue weighted by atomic mass is 9.94. The molecule has 0 heterocycles. The highest BCUT2D eigenvalue weighted by atomic mass is 14.1.